The molecule has 0 aromatic heterocycles. The number of halogens is 3. The summed E-state index contributed by atoms with van der Waals surface area (Å²) in [5.41, 5.74) is 0.495. The first-order valence-corrected chi connectivity index (χ1v) is 9.52. The van der Waals surface area contributed by atoms with Gasteiger partial charge in [-0.05, 0) is 42.0 Å². The van der Waals surface area contributed by atoms with E-state index in [2.05, 4.69) is 5.32 Å². The summed E-state index contributed by atoms with van der Waals surface area (Å²) in [6.45, 7) is -0.454. The molecule has 9 heteroatoms. The Balaban J connectivity index is 1.39. The molecule has 2 N–H and O–H groups in total. The second kappa shape index (κ2) is 10.9. The van der Waals surface area contributed by atoms with Gasteiger partial charge in [-0.2, -0.15) is 0 Å². The molecule has 0 saturated heterocycles. The van der Waals surface area contributed by atoms with Crippen LogP contribution in [0.25, 0.3) is 0 Å². The molecule has 166 valence electrons. The monoisotopic (exact) mass is 444 g/mol. The number of amides is 2. The molecule has 3 aromatic rings. The predicted octanol–water partition coefficient (Wildman–Crippen LogP) is 3.82. The van der Waals surface area contributed by atoms with Crippen molar-refractivity contribution in [1.82, 2.24) is 5.32 Å². The van der Waals surface area contributed by atoms with Crippen LogP contribution >= 0.6 is 0 Å². The van der Waals surface area contributed by atoms with Crippen molar-refractivity contribution in [2.75, 3.05) is 18.5 Å². The lowest BCUT2D eigenvalue weighted by molar-refractivity contribution is -0.125. The Hall–Kier alpha value is -4.01. The van der Waals surface area contributed by atoms with E-state index in [1.165, 1.54) is 0 Å². The SMILES string of the molecule is O=C(COc1ccc(OCc2ccccc2)cc1)NCC(=O)Nc1ccc(F)c(F)c1F. The molecule has 0 fully saturated rings. The normalized spacial score (nSPS) is 10.3. The molecule has 0 atom stereocenters. The van der Waals surface area contributed by atoms with Gasteiger partial charge in [0.2, 0.25) is 5.91 Å². The van der Waals surface area contributed by atoms with Gasteiger partial charge in [0, 0.05) is 0 Å². The highest BCUT2D eigenvalue weighted by molar-refractivity contribution is 5.94. The topological polar surface area (TPSA) is 76.7 Å². The van der Waals surface area contributed by atoms with E-state index in [4.69, 9.17) is 9.47 Å². The van der Waals surface area contributed by atoms with Gasteiger partial charge in [-0.1, -0.05) is 30.3 Å². The number of nitrogens with one attached hydrogen (secondary N) is 2. The van der Waals surface area contributed by atoms with E-state index in [0.29, 0.717) is 24.2 Å². The number of hydrogen-bond donors (Lipinski definition) is 2. The first-order valence-electron chi connectivity index (χ1n) is 9.52. The van der Waals surface area contributed by atoms with Gasteiger partial charge >= 0.3 is 0 Å². The molecule has 6 nitrogen and oxygen atoms in total. The average molecular weight is 444 g/mol. The van der Waals surface area contributed by atoms with E-state index in [9.17, 15) is 22.8 Å². The zero-order chi connectivity index (χ0) is 22.9. The molecule has 0 aliphatic carbocycles. The highest BCUT2D eigenvalue weighted by atomic mass is 19.2. The largest absolute Gasteiger partial charge is 0.489 e. The first kappa shape index (κ1) is 22.7. The summed E-state index contributed by atoms with van der Waals surface area (Å²) in [4.78, 5) is 23.6. The van der Waals surface area contributed by atoms with Crippen LogP contribution in [0.2, 0.25) is 0 Å². The van der Waals surface area contributed by atoms with Crippen molar-refractivity contribution < 1.29 is 32.2 Å². The Labute approximate surface area is 182 Å². The van der Waals surface area contributed by atoms with E-state index < -0.39 is 41.5 Å². The minimum atomic E-state index is -1.70. The summed E-state index contributed by atoms with van der Waals surface area (Å²) >= 11 is 0. The van der Waals surface area contributed by atoms with Crippen molar-refractivity contribution in [2.24, 2.45) is 0 Å². The van der Waals surface area contributed by atoms with Gasteiger partial charge in [0.1, 0.15) is 18.1 Å². The highest BCUT2D eigenvalue weighted by Gasteiger charge is 2.15. The van der Waals surface area contributed by atoms with Crippen LogP contribution in [0.5, 0.6) is 11.5 Å². The Morgan fingerprint density at radius 1 is 0.750 bits per heavy atom. The highest BCUT2D eigenvalue weighted by Crippen LogP contribution is 2.20. The van der Waals surface area contributed by atoms with E-state index in [1.807, 2.05) is 35.6 Å². The number of hydrogen-bond acceptors (Lipinski definition) is 4. The molecule has 0 saturated carbocycles. The van der Waals surface area contributed by atoms with Crippen LogP contribution in [0.4, 0.5) is 18.9 Å². The minimum absolute atomic E-state index is 0.364. The van der Waals surface area contributed by atoms with E-state index >= 15 is 0 Å². The van der Waals surface area contributed by atoms with Gasteiger partial charge in [0.15, 0.2) is 24.1 Å². The van der Waals surface area contributed by atoms with Crippen LogP contribution in [0.1, 0.15) is 5.56 Å². The van der Waals surface area contributed by atoms with E-state index in [0.717, 1.165) is 11.6 Å². The van der Waals surface area contributed by atoms with Gasteiger partial charge in [-0.3, -0.25) is 9.59 Å². The number of carbonyl (C=O) groups is 2. The summed E-state index contributed by atoms with van der Waals surface area (Å²) in [7, 11) is 0. The molecule has 2 amide bonds. The molecule has 0 radical (unpaired) electrons. The minimum Gasteiger partial charge on any atom is -0.489 e. The predicted molar refractivity (Wildman–Crippen MR) is 111 cm³/mol. The van der Waals surface area contributed by atoms with Crippen molar-refractivity contribution in [3.8, 4) is 11.5 Å². The van der Waals surface area contributed by atoms with Gasteiger partial charge in [-0.25, -0.2) is 13.2 Å². The van der Waals surface area contributed by atoms with Crippen molar-refractivity contribution in [1.29, 1.82) is 0 Å². The molecule has 32 heavy (non-hydrogen) atoms. The smallest absolute Gasteiger partial charge is 0.258 e. The molecule has 0 unspecified atom stereocenters. The Bertz CT molecular complexity index is 1080. The van der Waals surface area contributed by atoms with Crippen LogP contribution in [0.3, 0.4) is 0 Å². The second-order valence-electron chi connectivity index (χ2n) is 6.58. The molecule has 3 aromatic carbocycles. The molecular formula is C23H19F3N2O4. The van der Waals surface area contributed by atoms with Crippen molar-refractivity contribution in [2.45, 2.75) is 6.61 Å². The molecular weight excluding hydrogens is 425 g/mol. The molecule has 0 bridgehead atoms. The van der Waals surface area contributed by atoms with Gasteiger partial charge < -0.3 is 20.1 Å². The first-order chi connectivity index (χ1) is 15.4. The van der Waals surface area contributed by atoms with E-state index in [-0.39, 0.29) is 6.61 Å². The van der Waals surface area contributed by atoms with Crippen LogP contribution < -0.4 is 20.1 Å². The van der Waals surface area contributed by atoms with E-state index in [1.54, 1.807) is 24.3 Å². The van der Waals surface area contributed by atoms with Gasteiger partial charge in [-0.15, -0.1) is 0 Å². The van der Waals surface area contributed by atoms with Crippen LogP contribution in [-0.4, -0.2) is 25.0 Å². The number of rotatable bonds is 9. The van der Waals surface area contributed by atoms with Crippen LogP contribution in [0.15, 0.2) is 66.7 Å². The third kappa shape index (κ3) is 6.49. The Kier molecular flexibility index (Phi) is 7.69. The summed E-state index contributed by atoms with van der Waals surface area (Å²) in [5, 5.41) is 4.32. The molecule has 0 spiro atoms. The number of ether oxygens (including phenoxy) is 2. The molecule has 0 aliphatic rings. The Morgan fingerprint density at radius 2 is 1.41 bits per heavy atom. The number of anilines is 1. The maximum Gasteiger partial charge on any atom is 0.258 e. The summed E-state index contributed by atoms with van der Waals surface area (Å²) in [6, 6.07) is 17.9. The molecule has 3 rings (SSSR count). The summed E-state index contributed by atoms with van der Waals surface area (Å²) in [6.07, 6.45) is 0. The summed E-state index contributed by atoms with van der Waals surface area (Å²) in [5.74, 6) is -4.96. The van der Waals surface area contributed by atoms with Crippen LogP contribution in [-0.2, 0) is 16.2 Å². The fourth-order valence-electron chi connectivity index (χ4n) is 2.57. The maximum atomic E-state index is 13.5. The molecule has 0 heterocycles. The number of carbonyl (C=O) groups excluding carboxylic acids is 2. The third-order valence-corrected chi connectivity index (χ3v) is 4.20. The Morgan fingerprint density at radius 3 is 2.09 bits per heavy atom. The lowest BCUT2D eigenvalue weighted by Gasteiger charge is -2.10. The standard InChI is InChI=1S/C23H19F3N2O4/c24-18-10-11-19(23(26)22(18)25)28-20(29)12-27-21(30)14-32-17-8-6-16(7-9-17)31-13-15-4-2-1-3-5-15/h1-11H,12-14H2,(H,27,30)(H,28,29). The average Bonchev–Trinajstić information content (AvgIpc) is 2.82. The lowest BCUT2D eigenvalue weighted by atomic mass is 10.2. The fourth-order valence-corrected chi connectivity index (χ4v) is 2.57. The lowest BCUT2D eigenvalue weighted by Crippen LogP contribution is -2.36. The quantitative estimate of drug-likeness (QED) is 0.492. The zero-order valence-corrected chi connectivity index (χ0v) is 16.7. The van der Waals surface area contributed by atoms with Gasteiger partial charge in [0.05, 0.1) is 12.2 Å². The van der Waals surface area contributed by atoms with Crippen molar-refractivity contribution >= 4 is 17.5 Å². The summed E-state index contributed by atoms with van der Waals surface area (Å²) < 4.78 is 50.6. The number of benzene rings is 3. The third-order valence-electron chi connectivity index (χ3n) is 4.20. The molecule has 0 aliphatic heterocycles. The fraction of sp³-hybridized carbons (Fsp3) is 0.130. The van der Waals surface area contributed by atoms with Crippen molar-refractivity contribution in [3.05, 3.63) is 89.7 Å². The zero-order valence-electron chi connectivity index (χ0n) is 16.7. The van der Waals surface area contributed by atoms with Crippen molar-refractivity contribution in [3.63, 3.8) is 0 Å². The second-order valence-corrected chi connectivity index (χ2v) is 6.58. The van der Waals surface area contributed by atoms with Crippen LogP contribution in [0, 0.1) is 17.5 Å². The van der Waals surface area contributed by atoms with Gasteiger partial charge in [0.25, 0.3) is 5.91 Å². The maximum absolute atomic E-state index is 13.5.